The lowest BCUT2D eigenvalue weighted by Gasteiger charge is -2.28. The number of fused-ring (bicyclic) bond motifs is 1. The van der Waals surface area contributed by atoms with E-state index in [-0.39, 0.29) is 11.6 Å². The minimum absolute atomic E-state index is 0.118. The third kappa shape index (κ3) is 2.52. The molecule has 1 aliphatic carbocycles. The summed E-state index contributed by atoms with van der Waals surface area (Å²) in [6.45, 7) is 2.26. The van der Waals surface area contributed by atoms with E-state index in [2.05, 4.69) is 13.0 Å². The Kier molecular flexibility index (Phi) is 3.64. The topological polar surface area (TPSA) is 20.2 Å². The first-order valence-electron chi connectivity index (χ1n) is 7.59. The van der Waals surface area contributed by atoms with Crippen molar-refractivity contribution in [1.82, 2.24) is 0 Å². The summed E-state index contributed by atoms with van der Waals surface area (Å²) in [4.78, 5) is 0. The van der Waals surface area contributed by atoms with E-state index in [1.54, 1.807) is 18.2 Å². The van der Waals surface area contributed by atoms with E-state index >= 15 is 0 Å². The van der Waals surface area contributed by atoms with Crippen molar-refractivity contribution < 1.29 is 9.50 Å². The van der Waals surface area contributed by atoms with Crippen LogP contribution in [0.4, 0.5) is 4.39 Å². The van der Waals surface area contributed by atoms with E-state index in [0.717, 1.165) is 16.9 Å². The highest BCUT2D eigenvalue weighted by molar-refractivity contribution is 5.85. The van der Waals surface area contributed by atoms with Crippen molar-refractivity contribution in [2.24, 2.45) is 5.92 Å². The lowest BCUT2D eigenvalue weighted by atomic mass is 9.77. The third-order valence-electron chi connectivity index (χ3n) is 4.81. The van der Waals surface area contributed by atoms with E-state index in [1.165, 1.54) is 38.2 Å². The molecule has 0 aliphatic heterocycles. The fourth-order valence-corrected chi connectivity index (χ4v) is 3.46. The van der Waals surface area contributed by atoms with Crippen LogP contribution >= 0.6 is 0 Å². The molecule has 0 saturated heterocycles. The van der Waals surface area contributed by atoms with Crippen molar-refractivity contribution >= 4 is 10.8 Å². The number of rotatable bonds is 2. The average Bonchev–Trinajstić information content (AvgIpc) is 2.48. The van der Waals surface area contributed by atoms with Crippen LogP contribution in [0.25, 0.3) is 10.8 Å². The molecule has 106 valence electrons. The molecule has 1 N–H and O–H groups in total. The van der Waals surface area contributed by atoms with E-state index in [0.29, 0.717) is 11.3 Å². The van der Waals surface area contributed by atoms with Gasteiger partial charge in [-0.1, -0.05) is 25.5 Å². The first-order chi connectivity index (χ1) is 9.67. The second-order valence-electron chi connectivity index (χ2n) is 6.03. The van der Waals surface area contributed by atoms with Gasteiger partial charge in [0.25, 0.3) is 0 Å². The summed E-state index contributed by atoms with van der Waals surface area (Å²) < 4.78 is 14.2. The van der Waals surface area contributed by atoms with Gasteiger partial charge in [-0.15, -0.1) is 0 Å². The van der Waals surface area contributed by atoms with Crippen molar-refractivity contribution in [3.05, 3.63) is 41.7 Å². The minimum atomic E-state index is -0.217. The van der Waals surface area contributed by atoms with Crippen LogP contribution in [0.15, 0.2) is 30.3 Å². The first-order valence-corrected chi connectivity index (χ1v) is 7.59. The largest absolute Gasteiger partial charge is 0.508 e. The van der Waals surface area contributed by atoms with Gasteiger partial charge >= 0.3 is 0 Å². The zero-order valence-corrected chi connectivity index (χ0v) is 11.9. The van der Waals surface area contributed by atoms with Crippen LogP contribution in [0.5, 0.6) is 5.75 Å². The lowest BCUT2D eigenvalue weighted by molar-refractivity contribution is 0.318. The van der Waals surface area contributed by atoms with Crippen molar-refractivity contribution in [1.29, 1.82) is 0 Å². The normalized spacial score (nSPS) is 23.1. The number of benzene rings is 2. The van der Waals surface area contributed by atoms with Crippen molar-refractivity contribution in [3.8, 4) is 5.75 Å². The Labute approximate surface area is 119 Å². The fraction of sp³-hybridized carbons (Fsp3) is 0.444. The quantitative estimate of drug-likeness (QED) is 0.779. The molecule has 0 unspecified atom stereocenters. The van der Waals surface area contributed by atoms with Crippen molar-refractivity contribution in [2.75, 3.05) is 0 Å². The molecule has 1 saturated carbocycles. The van der Waals surface area contributed by atoms with Crippen LogP contribution in [0.3, 0.4) is 0 Å². The summed E-state index contributed by atoms with van der Waals surface area (Å²) >= 11 is 0. The summed E-state index contributed by atoms with van der Waals surface area (Å²) in [6.07, 6.45) is 6.12. The number of halogens is 1. The van der Waals surface area contributed by atoms with E-state index in [4.69, 9.17) is 0 Å². The van der Waals surface area contributed by atoms with Crippen LogP contribution in [-0.2, 0) is 0 Å². The zero-order chi connectivity index (χ0) is 14.1. The minimum Gasteiger partial charge on any atom is -0.508 e. The van der Waals surface area contributed by atoms with Gasteiger partial charge in [0.05, 0.1) is 0 Å². The molecule has 0 spiro atoms. The second-order valence-corrected chi connectivity index (χ2v) is 6.03. The SMILES string of the molecule is CCC1CCC(c2cc(F)c3cc(O)ccc3c2)CC1. The molecule has 1 aliphatic rings. The predicted molar refractivity (Wildman–Crippen MR) is 80.6 cm³/mol. The molecule has 0 radical (unpaired) electrons. The van der Waals surface area contributed by atoms with Crippen LogP contribution < -0.4 is 0 Å². The molecule has 20 heavy (non-hydrogen) atoms. The number of hydrogen-bond donors (Lipinski definition) is 1. The van der Waals surface area contributed by atoms with Gasteiger partial charge in [0, 0.05) is 5.39 Å². The lowest BCUT2D eigenvalue weighted by Crippen LogP contribution is -2.12. The Hall–Kier alpha value is -1.57. The van der Waals surface area contributed by atoms with Crippen LogP contribution in [-0.4, -0.2) is 5.11 Å². The standard InChI is InChI=1S/C18H21FO/c1-2-12-3-5-13(6-4-12)15-9-14-7-8-16(20)11-17(14)18(19)10-15/h7-13,20H,2-6H2,1H3. The highest BCUT2D eigenvalue weighted by atomic mass is 19.1. The Morgan fingerprint density at radius 3 is 2.55 bits per heavy atom. The van der Waals surface area contributed by atoms with Gasteiger partial charge in [-0.3, -0.25) is 0 Å². The van der Waals surface area contributed by atoms with Gasteiger partial charge in [0.1, 0.15) is 11.6 Å². The number of phenolic OH excluding ortho intramolecular Hbond substituents is 1. The molecule has 0 heterocycles. The number of aromatic hydroxyl groups is 1. The smallest absolute Gasteiger partial charge is 0.131 e. The molecule has 0 bridgehead atoms. The van der Waals surface area contributed by atoms with Crippen LogP contribution in [0, 0.1) is 11.7 Å². The van der Waals surface area contributed by atoms with Gasteiger partial charge in [-0.25, -0.2) is 4.39 Å². The van der Waals surface area contributed by atoms with Gasteiger partial charge in [0.15, 0.2) is 0 Å². The Bertz CT molecular complexity index is 612. The van der Waals surface area contributed by atoms with E-state index in [9.17, 15) is 9.50 Å². The van der Waals surface area contributed by atoms with Crippen molar-refractivity contribution in [3.63, 3.8) is 0 Å². The molecule has 2 aromatic carbocycles. The maximum Gasteiger partial charge on any atom is 0.131 e. The van der Waals surface area contributed by atoms with E-state index < -0.39 is 0 Å². The Balaban J connectivity index is 1.91. The van der Waals surface area contributed by atoms with Crippen LogP contribution in [0.2, 0.25) is 0 Å². The van der Waals surface area contributed by atoms with Crippen molar-refractivity contribution in [2.45, 2.75) is 44.9 Å². The molecule has 2 aromatic rings. The summed E-state index contributed by atoms with van der Waals surface area (Å²) in [7, 11) is 0. The fourth-order valence-electron chi connectivity index (χ4n) is 3.46. The van der Waals surface area contributed by atoms with Gasteiger partial charge in [-0.05, 0) is 66.7 Å². The molecule has 0 aromatic heterocycles. The van der Waals surface area contributed by atoms with Crippen LogP contribution in [0.1, 0.15) is 50.5 Å². The molecule has 2 heteroatoms. The second kappa shape index (κ2) is 5.43. The number of hydrogen-bond acceptors (Lipinski definition) is 1. The maximum absolute atomic E-state index is 14.2. The maximum atomic E-state index is 14.2. The van der Waals surface area contributed by atoms with E-state index in [1.807, 2.05) is 0 Å². The highest BCUT2D eigenvalue weighted by Gasteiger charge is 2.22. The molecule has 0 amide bonds. The average molecular weight is 272 g/mol. The molecule has 0 atom stereocenters. The predicted octanol–water partition coefficient (Wildman–Crippen LogP) is 5.37. The van der Waals surface area contributed by atoms with Gasteiger partial charge in [0.2, 0.25) is 0 Å². The number of phenols is 1. The molecular weight excluding hydrogens is 251 g/mol. The summed E-state index contributed by atoms with van der Waals surface area (Å²) in [6, 6.07) is 8.68. The molecule has 3 rings (SSSR count). The summed E-state index contributed by atoms with van der Waals surface area (Å²) in [5.41, 5.74) is 1.12. The Morgan fingerprint density at radius 1 is 1.10 bits per heavy atom. The Morgan fingerprint density at radius 2 is 1.85 bits per heavy atom. The summed E-state index contributed by atoms with van der Waals surface area (Å²) in [5.74, 6) is 1.25. The first kappa shape index (κ1) is 13.4. The molecular formula is C18H21FO. The van der Waals surface area contributed by atoms with Gasteiger partial charge in [-0.2, -0.15) is 0 Å². The monoisotopic (exact) mass is 272 g/mol. The summed E-state index contributed by atoms with van der Waals surface area (Å²) in [5, 5.41) is 10.9. The van der Waals surface area contributed by atoms with Gasteiger partial charge < -0.3 is 5.11 Å². The zero-order valence-electron chi connectivity index (χ0n) is 11.9. The molecule has 1 nitrogen and oxygen atoms in total. The third-order valence-corrected chi connectivity index (χ3v) is 4.81. The highest BCUT2D eigenvalue weighted by Crippen LogP contribution is 2.38. The molecule has 1 fully saturated rings.